The van der Waals surface area contributed by atoms with Crippen LogP contribution in [0, 0.1) is 0 Å². The van der Waals surface area contributed by atoms with Gasteiger partial charge in [0.1, 0.15) is 16.7 Å². The second-order valence-electron chi connectivity index (χ2n) is 9.62. The molecule has 13 nitrogen and oxygen atoms in total. The molecule has 0 amide bonds. The Hall–Kier alpha value is -5.20. The molecule has 0 aromatic heterocycles. The lowest BCUT2D eigenvalue weighted by atomic mass is 9.87. The highest BCUT2D eigenvalue weighted by molar-refractivity contribution is 6.17. The number of Topliss-reactive ketones (excluding diaryl/α,β-unsaturated/α-hetero) is 1. The Morgan fingerprint density at radius 3 is 1.62 bits per heavy atom. The molecule has 2 saturated heterocycles. The number of rotatable bonds is 6. The van der Waals surface area contributed by atoms with Crippen LogP contribution in [0.1, 0.15) is 39.5 Å². The Kier molecular flexibility index (Phi) is 8.05. The molecule has 0 radical (unpaired) electrons. The van der Waals surface area contributed by atoms with E-state index in [2.05, 4.69) is 6.58 Å². The van der Waals surface area contributed by atoms with E-state index in [-0.39, 0.29) is 36.8 Å². The van der Waals surface area contributed by atoms with Gasteiger partial charge in [-0.1, -0.05) is 43.0 Å². The van der Waals surface area contributed by atoms with Crippen LogP contribution in [0.4, 0.5) is 0 Å². The summed E-state index contributed by atoms with van der Waals surface area (Å²) in [6.07, 6.45) is 11.6. The highest BCUT2D eigenvalue weighted by Crippen LogP contribution is 2.45. The molecular formula is C29H26O13. The van der Waals surface area contributed by atoms with Gasteiger partial charge in [0.15, 0.2) is 0 Å². The number of carbonyl (C=O) groups excluding carboxylic acids is 6. The number of ether oxygens (including phenoxy) is 6. The van der Waals surface area contributed by atoms with Crippen molar-refractivity contribution in [2.24, 2.45) is 0 Å². The summed E-state index contributed by atoms with van der Waals surface area (Å²) in [6.45, 7) is 5.76. The molecule has 0 aromatic rings. The maximum absolute atomic E-state index is 12.7. The Morgan fingerprint density at radius 1 is 0.690 bits per heavy atom. The first-order chi connectivity index (χ1) is 19.8. The van der Waals surface area contributed by atoms with Crippen LogP contribution in [-0.2, 0) is 57.2 Å². The lowest BCUT2D eigenvalue weighted by Crippen LogP contribution is -2.54. The number of allylic oxidation sites excluding steroid dienone is 8. The number of ketones is 1. The third-order valence-electron chi connectivity index (χ3n) is 6.69. The van der Waals surface area contributed by atoms with E-state index in [0.717, 1.165) is 19.9 Å². The number of esters is 5. The number of cyclic esters (lactones) is 2. The summed E-state index contributed by atoms with van der Waals surface area (Å²) in [5.74, 6) is -11.2. The fourth-order valence-corrected chi connectivity index (χ4v) is 4.26. The molecule has 0 atom stereocenters. The van der Waals surface area contributed by atoms with Gasteiger partial charge >= 0.3 is 35.6 Å². The molecule has 42 heavy (non-hydrogen) atoms. The predicted octanol–water partition coefficient (Wildman–Crippen LogP) is 2.51. The predicted molar refractivity (Wildman–Crippen MR) is 138 cm³/mol. The number of hydrogen-bond donors (Lipinski definition) is 1. The molecule has 0 bridgehead atoms. The Morgan fingerprint density at radius 2 is 1.14 bits per heavy atom. The monoisotopic (exact) mass is 582 g/mol. The summed E-state index contributed by atoms with van der Waals surface area (Å²) in [7, 11) is 0. The third-order valence-corrected chi connectivity index (χ3v) is 6.69. The zero-order valence-corrected chi connectivity index (χ0v) is 22.6. The van der Waals surface area contributed by atoms with Crippen LogP contribution in [0.3, 0.4) is 0 Å². The SMILES string of the molecule is C=C/C=C/C=C1C(=O)OC2(CCC3(CC2)OC(=O)C(/C=C/C=C/C=C2C(=O)OC(C)(C(C)=O)OC2=O)=C(O)O3)OC1=O. The van der Waals surface area contributed by atoms with Gasteiger partial charge in [-0.3, -0.25) is 4.79 Å². The first-order valence-electron chi connectivity index (χ1n) is 12.7. The van der Waals surface area contributed by atoms with Gasteiger partial charge in [0.05, 0.1) is 0 Å². The normalized spacial score (nSPS) is 29.8. The van der Waals surface area contributed by atoms with E-state index in [9.17, 15) is 33.9 Å². The summed E-state index contributed by atoms with van der Waals surface area (Å²) < 4.78 is 31.6. The molecule has 1 saturated carbocycles. The highest BCUT2D eigenvalue weighted by atomic mass is 16.8. The van der Waals surface area contributed by atoms with Crippen LogP contribution in [0.5, 0.6) is 0 Å². The van der Waals surface area contributed by atoms with Gasteiger partial charge in [-0.2, -0.15) is 0 Å². The second-order valence-corrected chi connectivity index (χ2v) is 9.62. The third kappa shape index (κ3) is 5.94. The van der Waals surface area contributed by atoms with E-state index < -0.39 is 64.5 Å². The van der Waals surface area contributed by atoms with E-state index in [0.29, 0.717) is 0 Å². The lowest BCUT2D eigenvalue weighted by molar-refractivity contribution is -0.297. The molecule has 1 N–H and O–H groups in total. The van der Waals surface area contributed by atoms with Crippen molar-refractivity contribution in [2.45, 2.75) is 56.9 Å². The molecule has 13 heteroatoms. The smallest absolute Gasteiger partial charge is 0.349 e. The molecular weight excluding hydrogens is 556 g/mol. The summed E-state index contributed by atoms with van der Waals surface area (Å²) in [6, 6.07) is 0. The summed E-state index contributed by atoms with van der Waals surface area (Å²) >= 11 is 0. The van der Waals surface area contributed by atoms with Crippen LogP contribution in [0.15, 0.2) is 83.9 Å². The average molecular weight is 583 g/mol. The van der Waals surface area contributed by atoms with Crippen LogP contribution in [0.2, 0.25) is 0 Å². The van der Waals surface area contributed by atoms with Crippen LogP contribution < -0.4 is 0 Å². The lowest BCUT2D eigenvalue weighted by Gasteiger charge is -2.46. The molecule has 2 spiro atoms. The fraction of sp³-hybridized carbons (Fsp3) is 0.310. The largest absolute Gasteiger partial charge is 0.480 e. The van der Waals surface area contributed by atoms with Crippen molar-refractivity contribution in [3.05, 3.63) is 83.9 Å². The zero-order chi connectivity index (χ0) is 30.7. The maximum Gasteiger partial charge on any atom is 0.349 e. The van der Waals surface area contributed by atoms with E-state index >= 15 is 0 Å². The van der Waals surface area contributed by atoms with Crippen molar-refractivity contribution in [3.63, 3.8) is 0 Å². The van der Waals surface area contributed by atoms with Gasteiger partial charge < -0.3 is 33.5 Å². The summed E-state index contributed by atoms with van der Waals surface area (Å²) in [4.78, 5) is 73.3. The number of carbonyl (C=O) groups is 6. The maximum atomic E-state index is 12.7. The van der Waals surface area contributed by atoms with Gasteiger partial charge in [-0.15, -0.1) is 0 Å². The van der Waals surface area contributed by atoms with Gasteiger partial charge in [0.25, 0.3) is 17.5 Å². The molecule has 0 aromatic carbocycles. The van der Waals surface area contributed by atoms with Crippen molar-refractivity contribution in [2.75, 3.05) is 0 Å². The fourth-order valence-electron chi connectivity index (χ4n) is 4.26. The van der Waals surface area contributed by atoms with Crippen LogP contribution in [0.25, 0.3) is 0 Å². The Labute approximate surface area is 239 Å². The minimum Gasteiger partial charge on any atom is -0.480 e. The van der Waals surface area contributed by atoms with Gasteiger partial charge in [-0.25, -0.2) is 24.0 Å². The quantitative estimate of drug-likeness (QED) is 0.159. The molecule has 0 unspecified atom stereocenters. The molecule has 4 rings (SSSR count). The highest BCUT2D eigenvalue weighted by Gasteiger charge is 2.56. The minimum atomic E-state index is -1.99. The topological polar surface area (TPSA) is 178 Å². The van der Waals surface area contributed by atoms with Crippen molar-refractivity contribution in [1.82, 2.24) is 0 Å². The zero-order valence-electron chi connectivity index (χ0n) is 22.6. The number of hydrogen-bond acceptors (Lipinski definition) is 13. The second kappa shape index (κ2) is 11.4. The standard InChI is InChI=1S/C29H26O13/c1-4-5-7-10-19-23(33)39-28(40-24(19)34)13-15-29(16-14-28)41-25(35)20(26(36)42-29)12-9-6-8-11-18-21(31)37-27(3,17(2)30)38-22(18)32/h4-12,35H,1,13-16H2,2-3H3/b7-5+,8-6+,12-9+,18-11?,19-10?. The van der Waals surface area contributed by atoms with Crippen LogP contribution in [-0.4, -0.2) is 58.1 Å². The first kappa shape index (κ1) is 29.8. The van der Waals surface area contributed by atoms with E-state index in [1.165, 1.54) is 48.6 Å². The molecule has 3 aliphatic heterocycles. The van der Waals surface area contributed by atoms with Crippen molar-refractivity contribution >= 4 is 35.6 Å². The van der Waals surface area contributed by atoms with Gasteiger partial charge in [0.2, 0.25) is 5.78 Å². The van der Waals surface area contributed by atoms with E-state index in [1.807, 2.05) is 0 Å². The van der Waals surface area contributed by atoms with Crippen molar-refractivity contribution in [1.29, 1.82) is 0 Å². The Balaban J connectivity index is 1.37. The molecule has 4 aliphatic rings. The number of aliphatic hydroxyl groups excluding tert-OH is 1. The number of aliphatic hydroxyl groups is 1. The minimum absolute atomic E-state index is 0.0557. The van der Waals surface area contributed by atoms with E-state index in [4.69, 9.17) is 28.4 Å². The first-order valence-corrected chi connectivity index (χ1v) is 12.7. The van der Waals surface area contributed by atoms with E-state index in [1.54, 1.807) is 0 Å². The van der Waals surface area contributed by atoms with Gasteiger partial charge in [0, 0.05) is 39.5 Å². The van der Waals surface area contributed by atoms with Gasteiger partial charge in [-0.05, 0) is 18.2 Å². The van der Waals surface area contributed by atoms with Crippen molar-refractivity contribution in [3.8, 4) is 0 Å². The summed E-state index contributed by atoms with van der Waals surface area (Å²) in [5.41, 5.74) is -1.05. The average Bonchev–Trinajstić information content (AvgIpc) is 2.90. The Bertz CT molecular complexity index is 1400. The molecule has 220 valence electrons. The van der Waals surface area contributed by atoms with Crippen molar-refractivity contribution < 1.29 is 62.3 Å². The van der Waals surface area contributed by atoms with Crippen LogP contribution >= 0.6 is 0 Å². The molecule has 3 heterocycles. The molecule has 1 aliphatic carbocycles. The molecule has 3 fully saturated rings. The summed E-state index contributed by atoms with van der Waals surface area (Å²) in [5, 5.41) is 10.4.